The molecule has 1 aliphatic rings. The van der Waals surface area contributed by atoms with Gasteiger partial charge >= 0.3 is 0 Å². The van der Waals surface area contributed by atoms with Gasteiger partial charge < -0.3 is 9.64 Å². The van der Waals surface area contributed by atoms with E-state index in [1.54, 1.807) is 18.4 Å². The maximum Gasteiger partial charge on any atom is 0.186 e. The van der Waals surface area contributed by atoms with Crippen molar-refractivity contribution in [2.75, 3.05) is 38.2 Å². The first-order valence-corrected chi connectivity index (χ1v) is 11.6. The van der Waals surface area contributed by atoms with E-state index in [4.69, 9.17) is 9.72 Å². The van der Waals surface area contributed by atoms with Gasteiger partial charge in [0.25, 0.3) is 0 Å². The van der Waals surface area contributed by atoms with Crippen LogP contribution < -0.4 is 9.64 Å². The van der Waals surface area contributed by atoms with E-state index in [0.29, 0.717) is 0 Å². The third-order valence-electron chi connectivity index (χ3n) is 6.09. The Morgan fingerprint density at radius 2 is 1.45 bits per heavy atom. The standard InChI is InChI=1S/C26H27N3OS/c1-19-13-14-22(30-2)23-25(19)31-26(27-23)29-17-15-28(16-18-29)24(20-9-5-3-6-10-20)21-11-7-4-8-12-21/h3-14,24H,15-18H2,1-2H3. The number of thiazole rings is 1. The van der Waals surface area contributed by atoms with E-state index in [0.717, 1.165) is 42.6 Å². The van der Waals surface area contributed by atoms with Crippen molar-refractivity contribution in [2.45, 2.75) is 13.0 Å². The summed E-state index contributed by atoms with van der Waals surface area (Å²) < 4.78 is 6.77. The van der Waals surface area contributed by atoms with Crippen LogP contribution in [0.4, 0.5) is 5.13 Å². The van der Waals surface area contributed by atoms with E-state index in [2.05, 4.69) is 83.5 Å². The monoisotopic (exact) mass is 429 g/mol. The molecule has 0 atom stereocenters. The molecule has 0 saturated carbocycles. The van der Waals surface area contributed by atoms with Crippen molar-refractivity contribution >= 4 is 26.7 Å². The Labute approximate surface area is 187 Å². The summed E-state index contributed by atoms with van der Waals surface area (Å²) in [6.45, 7) is 6.09. The van der Waals surface area contributed by atoms with Crippen molar-refractivity contribution in [2.24, 2.45) is 0 Å². The molecule has 5 heteroatoms. The third kappa shape index (κ3) is 3.91. The van der Waals surface area contributed by atoms with Crippen LogP contribution in [0.1, 0.15) is 22.7 Å². The second-order valence-corrected chi connectivity index (χ2v) is 8.98. The van der Waals surface area contributed by atoms with E-state index in [1.807, 2.05) is 6.07 Å². The summed E-state index contributed by atoms with van der Waals surface area (Å²) in [4.78, 5) is 9.98. The van der Waals surface area contributed by atoms with Gasteiger partial charge in [0.15, 0.2) is 5.13 Å². The van der Waals surface area contributed by atoms with Gasteiger partial charge in [0, 0.05) is 26.2 Å². The summed E-state index contributed by atoms with van der Waals surface area (Å²) in [6.07, 6.45) is 0. The molecule has 4 nitrogen and oxygen atoms in total. The van der Waals surface area contributed by atoms with Gasteiger partial charge in [0.05, 0.1) is 17.9 Å². The lowest BCUT2D eigenvalue weighted by atomic mass is 9.96. The Hall–Kier alpha value is -2.89. The molecule has 1 aliphatic heterocycles. The second kappa shape index (κ2) is 8.69. The molecule has 1 fully saturated rings. The molecular weight excluding hydrogens is 402 g/mol. The molecule has 1 aromatic heterocycles. The van der Waals surface area contributed by atoms with E-state index in [-0.39, 0.29) is 6.04 Å². The van der Waals surface area contributed by atoms with Gasteiger partial charge in [-0.1, -0.05) is 78.1 Å². The molecule has 0 radical (unpaired) electrons. The number of rotatable bonds is 5. The highest BCUT2D eigenvalue weighted by molar-refractivity contribution is 7.22. The fraction of sp³-hybridized carbons (Fsp3) is 0.269. The molecule has 0 unspecified atom stereocenters. The lowest BCUT2D eigenvalue weighted by Gasteiger charge is -2.39. The summed E-state index contributed by atoms with van der Waals surface area (Å²) in [5, 5.41) is 1.10. The Morgan fingerprint density at radius 1 is 0.839 bits per heavy atom. The molecule has 158 valence electrons. The highest BCUT2D eigenvalue weighted by atomic mass is 32.1. The molecule has 31 heavy (non-hydrogen) atoms. The molecular formula is C26H27N3OS. The lowest BCUT2D eigenvalue weighted by molar-refractivity contribution is 0.212. The largest absolute Gasteiger partial charge is 0.494 e. The molecule has 4 aromatic rings. The second-order valence-electron chi connectivity index (χ2n) is 8.01. The predicted molar refractivity (Wildman–Crippen MR) is 129 cm³/mol. The molecule has 3 aromatic carbocycles. The Bertz CT molecular complexity index is 1110. The zero-order valence-electron chi connectivity index (χ0n) is 18.0. The van der Waals surface area contributed by atoms with Crippen molar-refractivity contribution in [1.82, 2.24) is 9.88 Å². The first kappa shape index (κ1) is 20.0. The van der Waals surface area contributed by atoms with Crippen LogP contribution in [0.15, 0.2) is 72.8 Å². The summed E-state index contributed by atoms with van der Waals surface area (Å²) in [6, 6.07) is 26.1. The van der Waals surface area contributed by atoms with Gasteiger partial charge in [-0.2, -0.15) is 0 Å². The molecule has 0 bridgehead atoms. The number of hydrogen-bond acceptors (Lipinski definition) is 5. The molecule has 5 rings (SSSR count). The number of ether oxygens (including phenoxy) is 1. The molecule has 0 spiro atoms. The number of benzene rings is 3. The van der Waals surface area contributed by atoms with Gasteiger partial charge in [0.2, 0.25) is 0 Å². The zero-order chi connectivity index (χ0) is 21.2. The van der Waals surface area contributed by atoms with E-state index in [9.17, 15) is 0 Å². The fourth-order valence-electron chi connectivity index (χ4n) is 4.45. The molecule has 0 aliphatic carbocycles. The highest BCUT2D eigenvalue weighted by Gasteiger charge is 2.27. The van der Waals surface area contributed by atoms with Crippen molar-refractivity contribution in [3.63, 3.8) is 0 Å². The number of hydrogen-bond donors (Lipinski definition) is 0. The first-order chi connectivity index (χ1) is 15.2. The average molecular weight is 430 g/mol. The number of nitrogens with zero attached hydrogens (tertiary/aromatic N) is 3. The van der Waals surface area contributed by atoms with Crippen LogP contribution >= 0.6 is 11.3 Å². The Kier molecular flexibility index (Phi) is 5.62. The predicted octanol–water partition coefficient (Wildman–Crippen LogP) is 5.52. The van der Waals surface area contributed by atoms with Gasteiger partial charge in [-0.25, -0.2) is 4.98 Å². The van der Waals surface area contributed by atoms with Crippen LogP contribution in [-0.2, 0) is 0 Å². The summed E-state index contributed by atoms with van der Waals surface area (Å²) in [7, 11) is 1.72. The van der Waals surface area contributed by atoms with Crippen LogP contribution in [-0.4, -0.2) is 43.2 Å². The molecule has 1 saturated heterocycles. The van der Waals surface area contributed by atoms with Crippen molar-refractivity contribution in [3.8, 4) is 5.75 Å². The van der Waals surface area contributed by atoms with Crippen LogP contribution in [0.3, 0.4) is 0 Å². The number of fused-ring (bicyclic) bond motifs is 1. The highest BCUT2D eigenvalue weighted by Crippen LogP contribution is 2.37. The van der Waals surface area contributed by atoms with Crippen molar-refractivity contribution < 1.29 is 4.74 Å². The lowest BCUT2D eigenvalue weighted by Crippen LogP contribution is -2.47. The zero-order valence-corrected chi connectivity index (χ0v) is 18.8. The first-order valence-electron chi connectivity index (χ1n) is 10.8. The maximum atomic E-state index is 5.55. The summed E-state index contributed by atoms with van der Waals surface area (Å²) in [5.74, 6) is 0.856. The number of aryl methyl sites for hydroxylation is 1. The van der Waals surface area contributed by atoms with Gasteiger partial charge in [0.1, 0.15) is 11.3 Å². The van der Waals surface area contributed by atoms with Crippen LogP contribution in [0.5, 0.6) is 5.75 Å². The number of aromatic nitrogens is 1. The van der Waals surface area contributed by atoms with Crippen LogP contribution in [0.25, 0.3) is 10.2 Å². The molecule has 0 N–H and O–H groups in total. The van der Waals surface area contributed by atoms with Crippen molar-refractivity contribution in [1.29, 1.82) is 0 Å². The molecule has 2 heterocycles. The van der Waals surface area contributed by atoms with E-state index in [1.165, 1.54) is 21.4 Å². The summed E-state index contributed by atoms with van der Waals surface area (Å²) in [5.41, 5.74) is 4.94. The summed E-state index contributed by atoms with van der Waals surface area (Å²) >= 11 is 1.78. The minimum atomic E-state index is 0.280. The maximum absolute atomic E-state index is 5.55. The SMILES string of the molecule is COc1ccc(C)c2sc(N3CCN(C(c4ccccc4)c4ccccc4)CC3)nc12. The van der Waals surface area contributed by atoms with E-state index >= 15 is 0 Å². The number of piperazine rings is 1. The van der Waals surface area contributed by atoms with Crippen LogP contribution in [0.2, 0.25) is 0 Å². The smallest absolute Gasteiger partial charge is 0.186 e. The average Bonchev–Trinajstić information content (AvgIpc) is 3.28. The van der Waals surface area contributed by atoms with E-state index < -0.39 is 0 Å². The molecule has 0 amide bonds. The number of methoxy groups -OCH3 is 1. The normalized spacial score (nSPS) is 15.0. The number of anilines is 1. The van der Waals surface area contributed by atoms with Gasteiger partial charge in [-0.05, 0) is 29.7 Å². The Balaban J connectivity index is 1.39. The fourth-order valence-corrected chi connectivity index (χ4v) is 5.56. The van der Waals surface area contributed by atoms with Crippen molar-refractivity contribution in [3.05, 3.63) is 89.5 Å². The van der Waals surface area contributed by atoms with Gasteiger partial charge in [-0.15, -0.1) is 0 Å². The topological polar surface area (TPSA) is 28.6 Å². The third-order valence-corrected chi connectivity index (χ3v) is 7.34. The quantitative estimate of drug-likeness (QED) is 0.417. The van der Waals surface area contributed by atoms with Crippen LogP contribution in [0, 0.1) is 6.92 Å². The minimum absolute atomic E-state index is 0.280. The minimum Gasteiger partial charge on any atom is -0.494 e. The Morgan fingerprint density at radius 3 is 2.03 bits per heavy atom. The van der Waals surface area contributed by atoms with Gasteiger partial charge in [-0.3, -0.25) is 4.90 Å².